The van der Waals surface area contributed by atoms with Crippen molar-refractivity contribution in [2.75, 3.05) is 32.6 Å². The van der Waals surface area contributed by atoms with E-state index in [1.807, 2.05) is 11.9 Å². The maximum atomic E-state index is 11.9. The number of aryl methyl sites for hydroxylation is 2. The monoisotopic (exact) mass is 306 g/mol. The van der Waals surface area contributed by atoms with Crippen LogP contribution in [0.1, 0.15) is 29.7 Å². The molecule has 1 amide bonds. The van der Waals surface area contributed by atoms with E-state index in [1.54, 1.807) is 19.0 Å². The summed E-state index contributed by atoms with van der Waals surface area (Å²) in [4.78, 5) is 20.3. The fourth-order valence-corrected chi connectivity index (χ4v) is 2.66. The van der Waals surface area contributed by atoms with Crippen LogP contribution >= 0.6 is 12.2 Å². The molecule has 1 aliphatic rings. The standard InChI is InChI=1S/C15H22N4OS/c1-18(2)13(20)9-19(3)15-11(14(16)21)8-10-6-4-5-7-12(10)17-15/h8H,4-7,9H2,1-3H3,(H2,16,21). The number of hydrogen-bond donors (Lipinski definition) is 1. The molecule has 5 nitrogen and oxygen atoms in total. The van der Waals surface area contributed by atoms with E-state index in [9.17, 15) is 4.79 Å². The van der Waals surface area contributed by atoms with Crippen LogP contribution in [0.5, 0.6) is 0 Å². The Bertz CT molecular complexity index is 571. The summed E-state index contributed by atoms with van der Waals surface area (Å²) in [6.07, 6.45) is 4.35. The highest BCUT2D eigenvalue weighted by atomic mass is 32.1. The smallest absolute Gasteiger partial charge is 0.241 e. The lowest BCUT2D eigenvalue weighted by Gasteiger charge is -2.25. The van der Waals surface area contributed by atoms with Gasteiger partial charge in [0.15, 0.2) is 0 Å². The lowest BCUT2D eigenvalue weighted by Crippen LogP contribution is -2.36. The first-order valence-corrected chi connectivity index (χ1v) is 7.55. The highest BCUT2D eigenvalue weighted by Crippen LogP contribution is 2.26. The van der Waals surface area contributed by atoms with E-state index in [-0.39, 0.29) is 12.5 Å². The van der Waals surface area contributed by atoms with Gasteiger partial charge in [0, 0.05) is 26.8 Å². The average molecular weight is 306 g/mol. The van der Waals surface area contributed by atoms with Gasteiger partial charge in [-0.25, -0.2) is 4.98 Å². The van der Waals surface area contributed by atoms with Crippen LogP contribution in [0.3, 0.4) is 0 Å². The van der Waals surface area contributed by atoms with Gasteiger partial charge in [0.05, 0.1) is 12.1 Å². The van der Waals surface area contributed by atoms with Crippen molar-refractivity contribution in [1.29, 1.82) is 0 Å². The van der Waals surface area contributed by atoms with Crippen molar-refractivity contribution in [2.24, 2.45) is 5.73 Å². The number of aromatic nitrogens is 1. The summed E-state index contributed by atoms with van der Waals surface area (Å²) in [7, 11) is 5.33. The third-order valence-electron chi connectivity index (χ3n) is 3.78. The molecule has 0 unspecified atom stereocenters. The van der Waals surface area contributed by atoms with Crippen LogP contribution < -0.4 is 10.6 Å². The minimum atomic E-state index is 0.0194. The molecule has 2 rings (SSSR count). The summed E-state index contributed by atoms with van der Waals surface area (Å²) >= 11 is 5.15. The number of hydrogen-bond acceptors (Lipinski definition) is 4. The molecular formula is C15H22N4OS. The van der Waals surface area contributed by atoms with Gasteiger partial charge in [-0.2, -0.15) is 0 Å². The Morgan fingerprint density at radius 1 is 1.33 bits per heavy atom. The molecule has 21 heavy (non-hydrogen) atoms. The van der Waals surface area contributed by atoms with Crippen LogP contribution in [-0.2, 0) is 17.6 Å². The Morgan fingerprint density at radius 2 is 2.00 bits per heavy atom. The van der Waals surface area contributed by atoms with Gasteiger partial charge in [-0.15, -0.1) is 0 Å². The Morgan fingerprint density at radius 3 is 2.62 bits per heavy atom. The summed E-state index contributed by atoms with van der Waals surface area (Å²) in [6.45, 7) is 0.258. The summed E-state index contributed by atoms with van der Waals surface area (Å²) < 4.78 is 0. The van der Waals surface area contributed by atoms with Gasteiger partial charge in [0.2, 0.25) is 5.91 Å². The maximum Gasteiger partial charge on any atom is 0.241 e. The zero-order chi connectivity index (χ0) is 15.6. The number of thiocarbonyl (C=S) groups is 1. The van der Waals surface area contributed by atoms with Gasteiger partial charge in [-0.1, -0.05) is 12.2 Å². The maximum absolute atomic E-state index is 11.9. The first kappa shape index (κ1) is 15.7. The topological polar surface area (TPSA) is 62.5 Å². The zero-order valence-corrected chi connectivity index (χ0v) is 13.7. The van der Waals surface area contributed by atoms with Gasteiger partial charge in [-0.3, -0.25) is 4.79 Å². The molecule has 1 aromatic rings. The van der Waals surface area contributed by atoms with E-state index in [4.69, 9.17) is 22.9 Å². The number of nitrogens with two attached hydrogens (primary N) is 1. The molecule has 0 bridgehead atoms. The molecule has 114 valence electrons. The van der Waals surface area contributed by atoms with Crippen molar-refractivity contribution in [2.45, 2.75) is 25.7 Å². The van der Waals surface area contributed by atoms with Crippen LogP contribution in [0, 0.1) is 0 Å². The third-order valence-corrected chi connectivity index (χ3v) is 4.00. The Balaban J connectivity index is 2.36. The van der Waals surface area contributed by atoms with Crippen LogP contribution in [0.4, 0.5) is 5.82 Å². The highest BCUT2D eigenvalue weighted by molar-refractivity contribution is 7.80. The number of pyridine rings is 1. The average Bonchev–Trinajstić information content (AvgIpc) is 2.45. The minimum Gasteiger partial charge on any atom is -0.389 e. The lowest BCUT2D eigenvalue weighted by atomic mass is 9.94. The molecule has 0 spiro atoms. The van der Waals surface area contributed by atoms with Crippen LogP contribution in [0.2, 0.25) is 0 Å². The quantitative estimate of drug-likeness (QED) is 0.845. The van der Waals surface area contributed by atoms with E-state index in [0.717, 1.165) is 30.5 Å². The van der Waals surface area contributed by atoms with Crippen molar-refractivity contribution >= 4 is 28.9 Å². The van der Waals surface area contributed by atoms with E-state index < -0.39 is 0 Å². The summed E-state index contributed by atoms with van der Waals surface area (Å²) in [5.41, 5.74) is 8.96. The van der Waals surface area contributed by atoms with Gasteiger partial charge >= 0.3 is 0 Å². The minimum absolute atomic E-state index is 0.0194. The fraction of sp³-hybridized carbons (Fsp3) is 0.533. The summed E-state index contributed by atoms with van der Waals surface area (Å²) in [6, 6.07) is 2.05. The second-order valence-corrected chi connectivity index (χ2v) is 6.12. The van der Waals surface area contributed by atoms with Gasteiger partial charge in [0.1, 0.15) is 10.8 Å². The number of carbonyl (C=O) groups is 1. The first-order chi connectivity index (χ1) is 9.90. The second kappa shape index (κ2) is 6.39. The number of anilines is 1. The number of amides is 1. The Kier molecular flexibility index (Phi) is 4.77. The van der Waals surface area contributed by atoms with Crippen molar-refractivity contribution in [3.8, 4) is 0 Å². The number of fused-ring (bicyclic) bond motifs is 1. The highest BCUT2D eigenvalue weighted by Gasteiger charge is 2.20. The molecule has 0 saturated heterocycles. The Labute approximate surface area is 131 Å². The lowest BCUT2D eigenvalue weighted by molar-refractivity contribution is -0.127. The van der Waals surface area contributed by atoms with Crippen LogP contribution in [0.25, 0.3) is 0 Å². The van der Waals surface area contributed by atoms with Crippen LogP contribution in [-0.4, -0.2) is 48.5 Å². The molecule has 0 saturated carbocycles. The van der Waals surface area contributed by atoms with Crippen molar-refractivity contribution in [3.63, 3.8) is 0 Å². The van der Waals surface area contributed by atoms with E-state index in [2.05, 4.69) is 6.07 Å². The molecule has 1 aromatic heterocycles. The predicted octanol–water partition coefficient (Wildman–Crippen LogP) is 1.12. The molecule has 0 aromatic carbocycles. The zero-order valence-electron chi connectivity index (χ0n) is 12.8. The third kappa shape index (κ3) is 3.50. The molecule has 0 aliphatic heterocycles. The molecule has 6 heteroatoms. The van der Waals surface area contributed by atoms with E-state index in [0.29, 0.717) is 10.8 Å². The van der Waals surface area contributed by atoms with Crippen molar-refractivity contribution < 1.29 is 4.79 Å². The first-order valence-electron chi connectivity index (χ1n) is 7.14. The number of nitrogens with zero attached hydrogens (tertiary/aromatic N) is 3. The SMILES string of the molecule is CN(C)C(=O)CN(C)c1nc2c(cc1C(N)=S)CCCC2. The second-order valence-electron chi connectivity index (χ2n) is 5.68. The number of likely N-dealkylation sites (N-methyl/N-ethyl adjacent to an activating group) is 2. The molecule has 0 fully saturated rings. The van der Waals surface area contributed by atoms with Gasteiger partial charge in [0.25, 0.3) is 0 Å². The summed E-state index contributed by atoms with van der Waals surface area (Å²) in [5, 5.41) is 0. The Hall–Kier alpha value is -1.69. The van der Waals surface area contributed by atoms with Gasteiger partial charge in [-0.05, 0) is 37.3 Å². The molecular weight excluding hydrogens is 284 g/mol. The van der Waals surface area contributed by atoms with Crippen LogP contribution in [0.15, 0.2) is 6.07 Å². The number of rotatable bonds is 4. The fourth-order valence-electron chi connectivity index (χ4n) is 2.51. The molecule has 0 atom stereocenters. The predicted molar refractivity (Wildman–Crippen MR) is 88.7 cm³/mol. The molecule has 1 aliphatic carbocycles. The van der Waals surface area contributed by atoms with E-state index in [1.165, 1.54) is 12.0 Å². The normalized spacial score (nSPS) is 13.5. The van der Waals surface area contributed by atoms with Gasteiger partial charge < -0.3 is 15.5 Å². The largest absolute Gasteiger partial charge is 0.389 e. The summed E-state index contributed by atoms with van der Waals surface area (Å²) in [5.74, 6) is 0.726. The molecule has 1 heterocycles. The molecule has 0 radical (unpaired) electrons. The van der Waals surface area contributed by atoms with Crippen molar-refractivity contribution in [1.82, 2.24) is 9.88 Å². The van der Waals surface area contributed by atoms with Crippen molar-refractivity contribution in [3.05, 3.63) is 22.9 Å². The molecule has 2 N–H and O–H groups in total. The number of carbonyl (C=O) groups excluding carboxylic acids is 1. The van der Waals surface area contributed by atoms with E-state index >= 15 is 0 Å².